The highest BCUT2D eigenvalue weighted by atomic mass is 35.5. The third-order valence-electron chi connectivity index (χ3n) is 6.66. The maximum absolute atomic E-state index is 13.6. The highest BCUT2D eigenvalue weighted by molar-refractivity contribution is 8.00. The van der Waals surface area contributed by atoms with Gasteiger partial charge in [0.1, 0.15) is 10.9 Å². The Morgan fingerprint density at radius 2 is 1.34 bits per heavy atom. The van der Waals surface area contributed by atoms with Crippen LogP contribution in [0, 0.1) is 0 Å². The molecule has 1 atom stereocenters. The molecule has 0 fully saturated rings. The molecule has 0 aliphatic heterocycles. The topological polar surface area (TPSA) is 87.3 Å². The minimum absolute atomic E-state index is 0.0407. The molecule has 0 heterocycles. The van der Waals surface area contributed by atoms with Gasteiger partial charge in [0.2, 0.25) is 5.91 Å². The maximum Gasteiger partial charge on any atom is 0.272 e. The average molecular weight is 721 g/mol. The van der Waals surface area contributed by atoms with E-state index in [0.717, 1.165) is 5.56 Å². The van der Waals surface area contributed by atoms with Gasteiger partial charge in [0.05, 0.1) is 10.7 Å². The predicted octanol–water partition coefficient (Wildman–Crippen LogP) is 10.2. The molecular weight excluding hydrogens is 696 g/mol. The van der Waals surface area contributed by atoms with Gasteiger partial charge in [-0.2, -0.15) is 0 Å². The summed E-state index contributed by atoms with van der Waals surface area (Å²) in [5.74, 6) is -1.37. The molecule has 0 saturated heterocycles. The van der Waals surface area contributed by atoms with Gasteiger partial charge in [-0.1, -0.05) is 107 Å². The van der Waals surface area contributed by atoms with Gasteiger partial charge in [-0.05, 0) is 77.9 Å². The number of carbonyl (C=O) groups excluding carboxylic acids is 3. The van der Waals surface area contributed by atoms with Gasteiger partial charge in [0.15, 0.2) is 0 Å². The molecule has 0 saturated carbocycles. The lowest BCUT2D eigenvalue weighted by Crippen LogP contribution is -2.30. The number of halogens is 4. The molecule has 0 radical (unpaired) electrons. The smallest absolute Gasteiger partial charge is 0.272 e. The molecule has 0 aromatic heterocycles. The van der Waals surface area contributed by atoms with E-state index in [-0.39, 0.29) is 11.6 Å². The summed E-state index contributed by atoms with van der Waals surface area (Å²) in [6.45, 7) is 0. The summed E-state index contributed by atoms with van der Waals surface area (Å²) >= 11 is 26.2. The van der Waals surface area contributed by atoms with E-state index in [4.69, 9.17) is 46.4 Å². The molecule has 0 spiro atoms. The van der Waals surface area contributed by atoms with Crippen LogP contribution in [-0.2, 0) is 9.59 Å². The first kappa shape index (κ1) is 34.1. The first-order valence-electron chi connectivity index (χ1n) is 14.1. The van der Waals surface area contributed by atoms with Gasteiger partial charge in [-0.25, -0.2) is 0 Å². The molecule has 1 unspecified atom stereocenters. The lowest BCUT2D eigenvalue weighted by molar-refractivity contribution is -0.116. The summed E-state index contributed by atoms with van der Waals surface area (Å²) in [6, 6.07) is 34.5. The van der Waals surface area contributed by atoms with Crippen molar-refractivity contribution in [3.05, 3.63) is 164 Å². The summed E-state index contributed by atoms with van der Waals surface area (Å²) in [6.07, 6.45) is 1.48. The van der Waals surface area contributed by atoms with Gasteiger partial charge in [0, 0.05) is 31.2 Å². The Hall–Kier alpha value is -4.24. The molecule has 6 nitrogen and oxygen atoms in total. The second kappa shape index (κ2) is 16.0. The van der Waals surface area contributed by atoms with Gasteiger partial charge in [-0.15, -0.1) is 11.8 Å². The third kappa shape index (κ3) is 9.41. The fourth-order valence-corrected chi connectivity index (χ4v) is 6.27. The summed E-state index contributed by atoms with van der Waals surface area (Å²) in [4.78, 5) is 41.0. The van der Waals surface area contributed by atoms with Gasteiger partial charge < -0.3 is 16.0 Å². The minimum Gasteiger partial charge on any atom is -0.323 e. The van der Waals surface area contributed by atoms with Crippen LogP contribution in [0.3, 0.4) is 0 Å². The van der Waals surface area contributed by atoms with Crippen molar-refractivity contribution in [2.45, 2.75) is 10.1 Å². The Kier molecular flexibility index (Phi) is 11.6. The number of rotatable bonds is 10. The summed E-state index contributed by atoms with van der Waals surface area (Å²) < 4.78 is 0. The van der Waals surface area contributed by atoms with E-state index in [1.807, 2.05) is 36.4 Å². The van der Waals surface area contributed by atoms with E-state index in [9.17, 15) is 14.4 Å². The number of anilines is 2. The normalized spacial score (nSPS) is 11.8. The van der Waals surface area contributed by atoms with Crippen molar-refractivity contribution in [2.75, 3.05) is 10.6 Å². The Balaban J connectivity index is 1.40. The predicted molar refractivity (Wildman–Crippen MR) is 194 cm³/mol. The SMILES string of the molecule is O=C(Nc1cccc(SC(C(=O)Nc2cc(Cl)ccc2Cl)c2ccccc2)c1)/C(=C\c1ccc(Cl)cc1Cl)NC(=O)c1ccccc1. The fraction of sp³-hybridized carbons (Fsp3) is 0.0278. The van der Waals surface area contributed by atoms with Crippen molar-refractivity contribution in [3.63, 3.8) is 0 Å². The van der Waals surface area contributed by atoms with Gasteiger partial charge >= 0.3 is 0 Å². The van der Waals surface area contributed by atoms with Crippen LogP contribution in [0.15, 0.2) is 132 Å². The van der Waals surface area contributed by atoms with Gasteiger partial charge in [0.25, 0.3) is 11.8 Å². The van der Waals surface area contributed by atoms with Crippen LogP contribution in [0.5, 0.6) is 0 Å². The second-order valence-electron chi connectivity index (χ2n) is 10.0. The number of amides is 3. The molecule has 5 rings (SSSR count). The first-order valence-corrected chi connectivity index (χ1v) is 16.5. The number of thioether (sulfide) groups is 1. The van der Waals surface area contributed by atoms with E-state index < -0.39 is 17.1 Å². The van der Waals surface area contributed by atoms with Crippen LogP contribution < -0.4 is 16.0 Å². The molecule has 3 amide bonds. The summed E-state index contributed by atoms with van der Waals surface area (Å²) in [5.41, 5.74) is 2.40. The third-order valence-corrected chi connectivity index (χ3v) is 9.04. The van der Waals surface area contributed by atoms with Crippen molar-refractivity contribution in [1.82, 2.24) is 5.32 Å². The Labute approximate surface area is 296 Å². The molecule has 11 heteroatoms. The van der Waals surface area contributed by atoms with Crippen LogP contribution in [-0.4, -0.2) is 17.7 Å². The second-order valence-corrected chi connectivity index (χ2v) is 12.9. The van der Waals surface area contributed by atoms with Crippen LogP contribution in [0.1, 0.15) is 26.7 Å². The zero-order chi connectivity index (χ0) is 33.3. The number of carbonyl (C=O) groups is 3. The monoisotopic (exact) mass is 719 g/mol. The van der Waals surface area contributed by atoms with Crippen molar-refractivity contribution in [1.29, 1.82) is 0 Å². The number of hydrogen-bond donors (Lipinski definition) is 3. The number of hydrogen-bond acceptors (Lipinski definition) is 4. The standard InChI is InChI=1S/C36H25Cl4N3O3S/c37-25-15-14-24(30(40)19-25)18-32(43-34(44)23-10-5-2-6-11-23)35(45)41-27-12-7-13-28(21-27)47-33(22-8-3-1-4-9-22)36(46)42-31-20-26(38)16-17-29(31)39/h1-21,33H,(H,41,45)(H,42,46)(H,43,44)/b32-18+. The molecular formula is C36H25Cl4N3O3S. The highest BCUT2D eigenvalue weighted by Gasteiger charge is 2.24. The van der Waals surface area contributed by atoms with Crippen molar-refractivity contribution < 1.29 is 14.4 Å². The first-order chi connectivity index (χ1) is 22.7. The molecule has 47 heavy (non-hydrogen) atoms. The quantitative estimate of drug-likeness (QED) is 0.0990. The van der Waals surface area contributed by atoms with Crippen LogP contribution in [0.4, 0.5) is 11.4 Å². The van der Waals surface area contributed by atoms with Crippen molar-refractivity contribution in [2.24, 2.45) is 0 Å². The molecule has 5 aromatic carbocycles. The maximum atomic E-state index is 13.6. The zero-order valence-electron chi connectivity index (χ0n) is 24.3. The zero-order valence-corrected chi connectivity index (χ0v) is 28.2. The lowest BCUT2D eigenvalue weighted by Gasteiger charge is -2.18. The van der Waals surface area contributed by atoms with Crippen LogP contribution >= 0.6 is 58.2 Å². The Morgan fingerprint density at radius 3 is 2.06 bits per heavy atom. The van der Waals surface area contributed by atoms with E-state index in [0.29, 0.717) is 47.5 Å². The molecule has 0 aliphatic rings. The average Bonchev–Trinajstić information content (AvgIpc) is 3.07. The van der Waals surface area contributed by atoms with Crippen LogP contribution in [0.2, 0.25) is 20.1 Å². The molecule has 236 valence electrons. The number of benzene rings is 5. The van der Waals surface area contributed by atoms with Crippen molar-refractivity contribution in [3.8, 4) is 0 Å². The highest BCUT2D eigenvalue weighted by Crippen LogP contribution is 2.38. The number of nitrogens with one attached hydrogen (secondary N) is 3. The minimum atomic E-state index is -0.676. The summed E-state index contributed by atoms with van der Waals surface area (Å²) in [7, 11) is 0. The fourth-order valence-electron chi connectivity index (χ4n) is 4.39. The molecule has 0 bridgehead atoms. The lowest BCUT2D eigenvalue weighted by atomic mass is 10.1. The molecule has 3 N–H and O–H groups in total. The van der Waals surface area contributed by atoms with E-state index in [2.05, 4.69) is 16.0 Å². The largest absolute Gasteiger partial charge is 0.323 e. The van der Waals surface area contributed by atoms with E-state index in [1.54, 1.807) is 84.9 Å². The van der Waals surface area contributed by atoms with Crippen LogP contribution in [0.25, 0.3) is 6.08 Å². The van der Waals surface area contributed by atoms with Gasteiger partial charge in [-0.3, -0.25) is 14.4 Å². The summed E-state index contributed by atoms with van der Waals surface area (Å²) in [5, 5.41) is 9.28. The molecule has 0 aliphatic carbocycles. The van der Waals surface area contributed by atoms with E-state index in [1.165, 1.54) is 17.8 Å². The molecule has 5 aromatic rings. The Bertz CT molecular complexity index is 1960. The Morgan fingerprint density at radius 1 is 0.660 bits per heavy atom. The van der Waals surface area contributed by atoms with E-state index >= 15 is 0 Å². The van der Waals surface area contributed by atoms with Crippen molar-refractivity contribution >= 4 is 93.3 Å².